The second-order valence-electron chi connectivity index (χ2n) is 12.7. The highest BCUT2D eigenvalue weighted by Gasteiger charge is 2.37. The van der Waals surface area contributed by atoms with Gasteiger partial charge in [-0.15, -0.1) is 0 Å². The van der Waals surface area contributed by atoms with Gasteiger partial charge in [-0.1, -0.05) is 125 Å². The summed E-state index contributed by atoms with van der Waals surface area (Å²) in [5.74, 6) is 0. The first kappa shape index (κ1) is 24.9. The minimum absolute atomic E-state index is 0.0385. The van der Waals surface area contributed by atoms with Crippen LogP contribution in [0.5, 0.6) is 0 Å². The molecule has 6 aromatic rings. The van der Waals surface area contributed by atoms with E-state index in [1.165, 1.54) is 44.5 Å². The van der Waals surface area contributed by atoms with Gasteiger partial charge in [0.05, 0.1) is 22.8 Å². The molecule has 0 radical (unpaired) electrons. The Bertz CT molecular complexity index is 1900. The molecule has 0 N–H and O–H groups in total. The van der Waals surface area contributed by atoms with E-state index in [2.05, 4.69) is 149 Å². The molecular formula is C40H32N2. The van der Waals surface area contributed by atoms with E-state index in [0.29, 0.717) is 0 Å². The average molecular weight is 541 g/mol. The highest BCUT2D eigenvalue weighted by Crippen LogP contribution is 2.49. The van der Waals surface area contributed by atoms with Gasteiger partial charge in [-0.05, 0) is 57.6 Å². The van der Waals surface area contributed by atoms with E-state index < -0.39 is 0 Å². The predicted molar refractivity (Wildman–Crippen MR) is 173 cm³/mol. The molecule has 2 aliphatic rings. The Morgan fingerprint density at radius 2 is 0.786 bits per heavy atom. The van der Waals surface area contributed by atoms with Crippen LogP contribution < -0.4 is 0 Å². The minimum Gasteiger partial charge on any atom is -0.247 e. The zero-order chi connectivity index (χ0) is 28.6. The van der Waals surface area contributed by atoms with E-state index in [1.807, 2.05) is 0 Å². The number of nitrogens with zero attached hydrogens (tertiary/aromatic N) is 2. The van der Waals surface area contributed by atoms with Crippen molar-refractivity contribution in [3.05, 3.63) is 144 Å². The molecule has 2 heterocycles. The SMILES string of the molecule is CC1(C)c2ccccc2-c2nc(-c3cccc(-c4cccc(-c5ccc6c(n5)-c5ccccc5C6(C)C)c4)c3)ccc21. The van der Waals surface area contributed by atoms with Gasteiger partial charge < -0.3 is 0 Å². The molecule has 2 aliphatic carbocycles. The highest BCUT2D eigenvalue weighted by molar-refractivity contribution is 5.83. The summed E-state index contributed by atoms with van der Waals surface area (Å²) in [6.07, 6.45) is 0. The Balaban J connectivity index is 1.17. The maximum absolute atomic E-state index is 5.21. The second kappa shape index (κ2) is 8.84. The van der Waals surface area contributed by atoms with Gasteiger partial charge in [0.2, 0.25) is 0 Å². The van der Waals surface area contributed by atoms with Crippen molar-refractivity contribution in [1.29, 1.82) is 0 Å². The van der Waals surface area contributed by atoms with Crippen LogP contribution in [0.15, 0.2) is 121 Å². The molecule has 0 amide bonds. The van der Waals surface area contributed by atoms with Gasteiger partial charge >= 0.3 is 0 Å². The summed E-state index contributed by atoms with van der Waals surface area (Å²) >= 11 is 0. The Morgan fingerprint density at radius 1 is 0.381 bits per heavy atom. The first-order valence-electron chi connectivity index (χ1n) is 14.8. The lowest BCUT2D eigenvalue weighted by Gasteiger charge is -2.21. The Labute approximate surface area is 247 Å². The number of hydrogen-bond donors (Lipinski definition) is 0. The van der Waals surface area contributed by atoms with Crippen LogP contribution >= 0.6 is 0 Å². The van der Waals surface area contributed by atoms with Crippen LogP contribution in [0, 0.1) is 0 Å². The van der Waals surface area contributed by atoms with Crippen LogP contribution in [0.25, 0.3) is 56.2 Å². The average Bonchev–Trinajstić information content (AvgIpc) is 3.40. The van der Waals surface area contributed by atoms with Crippen molar-refractivity contribution >= 4 is 0 Å². The summed E-state index contributed by atoms with van der Waals surface area (Å²) in [4.78, 5) is 10.4. The number of fused-ring (bicyclic) bond motifs is 6. The molecule has 0 aliphatic heterocycles. The van der Waals surface area contributed by atoms with Gasteiger partial charge in [-0.2, -0.15) is 0 Å². The third-order valence-corrected chi connectivity index (χ3v) is 9.50. The molecule has 2 nitrogen and oxygen atoms in total. The number of pyridine rings is 2. The molecule has 0 bridgehead atoms. The fourth-order valence-electron chi connectivity index (χ4n) is 7.13. The Morgan fingerprint density at radius 3 is 1.24 bits per heavy atom. The molecule has 2 heteroatoms. The van der Waals surface area contributed by atoms with Gasteiger partial charge in [0.15, 0.2) is 0 Å². The normalized spacial score (nSPS) is 15.0. The molecular weight excluding hydrogens is 508 g/mol. The smallest absolute Gasteiger partial charge is 0.0753 e. The van der Waals surface area contributed by atoms with E-state index in [-0.39, 0.29) is 10.8 Å². The minimum atomic E-state index is -0.0385. The first-order valence-corrected chi connectivity index (χ1v) is 14.8. The van der Waals surface area contributed by atoms with Gasteiger partial charge in [0, 0.05) is 33.1 Å². The second-order valence-corrected chi connectivity index (χ2v) is 12.7. The monoisotopic (exact) mass is 540 g/mol. The van der Waals surface area contributed by atoms with Gasteiger partial charge in [0.25, 0.3) is 0 Å². The molecule has 42 heavy (non-hydrogen) atoms. The highest BCUT2D eigenvalue weighted by atomic mass is 14.7. The van der Waals surface area contributed by atoms with Crippen molar-refractivity contribution in [1.82, 2.24) is 9.97 Å². The summed E-state index contributed by atoms with van der Waals surface area (Å²) < 4.78 is 0. The van der Waals surface area contributed by atoms with E-state index in [4.69, 9.17) is 9.97 Å². The van der Waals surface area contributed by atoms with Crippen LogP contribution in [0.4, 0.5) is 0 Å². The fraction of sp³-hybridized carbons (Fsp3) is 0.150. The lowest BCUT2D eigenvalue weighted by atomic mass is 9.83. The predicted octanol–water partition coefficient (Wildman–Crippen LogP) is 10.1. The maximum Gasteiger partial charge on any atom is 0.0753 e. The molecule has 202 valence electrons. The third-order valence-electron chi connectivity index (χ3n) is 9.50. The lowest BCUT2D eigenvalue weighted by Crippen LogP contribution is -2.14. The van der Waals surface area contributed by atoms with Gasteiger partial charge in [-0.25, -0.2) is 9.97 Å². The van der Waals surface area contributed by atoms with Crippen molar-refractivity contribution in [2.75, 3.05) is 0 Å². The fourth-order valence-corrected chi connectivity index (χ4v) is 7.13. The molecule has 2 aromatic heterocycles. The lowest BCUT2D eigenvalue weighted by molar-refractivity contribution is 0.659. The summed E-state index contributed by atoms with van der Waals surface area (Å²) in [6.45, 7) is 9.18. The molecule has 0 fully saturated rings. The number of aromatic nitrogens is 2. The van der Waals surface area contributed by atoms with Crippen molar-refractivity contribution in [3.8, 4) is 56.2 Å². The van der Waals surface area contributed by atoms with Crippen LogP contribution in [0.1, 0.15) is 49.9 Å². The van der Waals surface area contributed by atoms with Crippen molar-refractivity contribution in [3.63, 3.8) is 0 Å². The van der Waals surface area contributed by atoms with E-state index in [0.717, 1.165) is 33.9 Å². The summed E-state index contributed by atoms with van der Waals surface area (Å²) in [6, 6.07) is 43.7. The summed E-state index contributed by atoms with van der Waals surface area (Å²) in [7, 11) is 0. The standard InChI is InChI=1S/C40H32N2/c1-39(2)31-17-7-5-15-29(31)37-33(39)19-21-35(41-37)27-13-9-11-25(23-27)26-12-10-14-28(24-26)36-22-20-34-38(42-36)30-16-6-8-18-32(30)40(34,3)4/h5-24H,1-4H3. The van der Waals surface area contributed by atoms with Crippen LogP contribution in [0.3, 0.4) is 0 Å². The number of rotatable bonds is 3. The molecule has 0 saturated carbocycles. The van der Waals surface area contributed by atoms with Gasteiger partial charge in [0.1, 0.15) is 0 Å². The first-order chi connectivity index (χ1) is 20.3. The van der Waals surface area contributed by atoms with Crippen LogP contribution in [-0.2, 0) is 10.8 Å². The molecule has 0 spiro atoms. The molecule has 0 saturated heterocycles. The zero-order valence-electron chi connectivity index (χ0n) is 24.4. The van der Waals surface area contributed by atoms with Crippen LogP contribution in [-0.4, -0.2) is 9.97 Å². The Kier molecular flexibility index (Phi) is 5.25. The maximum atomic E-state index is 5.21. The summed E-state index contributed by atoms with van der Waals surface area (Å²) in [5.41, 5.74) is 16.5. The summed E-state index contributed by atoms with van der Waals surface area (Å²) in [5, 5.41) is 0. The molecule has 8 rings (SSSR count). The molecule has 4 aromatic carbocycles. The van der Waals surface area contributed by atoms with Gasteiger partial charge in [-0.3, -0.25) is 0 Å². The third kappa shape index (κ3) is 3.58. The quantitative estimate of drug-likeness (QED) is 0.223. The van der Waals surface area contributed by atoms with Crippen molar-refractivity contribution in [2.45, 2.75) is 38.5 Å². The van der Waals surface area contributed by atoms with E-state index in [1.54, 1.807) is 0 Å². The van der Waals surface area contributed by atoms with E-state index >= 15 is 0 Å². The number of hydrogen-bond acceptors (Lipinski definition) is 2. The van der Waals surface area contributed by atoms with Crippen molar-refractivity contribution < 1.29 is 0 Å². The molecule has 0 unspecified atom stereocenters. The largest absolute Gasteiger partial charge is 0.247 e. The topological polar surface area (TPSA) is 25.8 Å². The molecule has 0 atom stereocenters. The van der Waals surface area contributed by atoms with E-state index in [9.17, 15) is 0 Å². The Hall–Kier alpha value is -4.82. The van der Waals surface area contributed by atoms with Crippen molar-refractivity contribution in [2.24, 2.45) is 0 Å². The zero-order valence-corrected chi connectivity index (χ0v) is 24.4. The number of benzene rings is 4. The van der Waals surface area contributed by atoms with Crippen LogP contribution in [0.2, 0.25) is 0 Å².